The minimum atomic E-state index is -2.85. The van der Waals surface area contributed by atoms with Gasteiger partial charge in [-0.25, -0.2) is 9.98 Å². The summed E-state index contributed by atoms with van der Waals surface area (Å²) < 4.78 is 28.7. The molecule has 0 saturated heterocycles. The summed E-state index contributed by atoms with van der Waals surface area (Å²) in [6, 6.07) is -0.288. The van der Waals surface area contributed by atoms with E-state index >= 15 is 0 Å². The van der Waals surface area contributed by atoms with Crippen LogP contribution in [0.5, 0.6) is 0 Å². The number of rotatable bonds is 9. The second kappa shape index (κ2) is 10.7. The number of carbonyl (C=O) groups is 1. The highest BCUT2D eigenvalue weighted by Crippen LogP contribution is 2.25. The van der Waals surface area contributed by atoms with Crippen LogP contribution in [0.3, 0.4) is 0 Å². The van der Waals surface area contributed by atoms with Crippen molar-refractivity contribution in [3.8, 4) is 0 Å². The molecule has 1 amide bonds. The molecule has 30 heavy (non-hydrogen) atoms. The van der Waals surface area contributed by atoms with Crippen molar-refractivity contribution in [1.82, 2.24) is 15.3 Å². The van der Waals surface area contributed by atoms with Gasteiger partial charge in [0.2, 0.25) is 5.95 Å². The van der Waals surface area contributed by atoms with Crippen LogP contribution in [0.1, 0.15) is 62.2 Å². The summed E-state index contributed by atoms with van der Waals surface area (Å²) in [5, 5.41) is 15.5. The lowest BCUT2D eigenvalue weighted by Gasteiger charge is -2.26. The van der Waals surface area contributed by atoms with Gasteiger partial charge in [0.05, 0.1) is 12.7 Å². The van der Waals surface area contributed by atoms with Crippen molar-refractivity contribution in [3.63, 3.8) is 0 Å². The number of halogens is 2. The highest BCUT2D eigenvalue weighted by molar-refractivity contribution is 5.98. The first-order valence-corrected chi connectivity index (χ1v) is 10.5. The van der Waals surface area contributed by atoms with Gasteiger partial charge in [0.15, 0.2) is 5.82 Å². The fourth-order valence-electron chi connectivity index (χ4n) is 3.42. The predicted molar refractivity (Wildman–Crippen MR) is 108 cm³/mol. The van der Waals surface area contributed by atoms with Gasteiger partial charge in [0.25, 0.3) is 5.91 Å². The molecule has 0 radical (unpaired) electrons. The van der Waals surface area contributed by atoms with Crippen LogP contribution < -0.4 is 10.6 Å². The summed E-state index contributed by atoms with van der Waals surface area (Å²) in [4.78, 5) is 25.6. The lowest BCUT2D eigenvalue weighted by molar-refractivity contribution is -0.130. The molecule has 2 aliphatic rings. The summed E-state index contributed by atoms with van der Waals surface area (Å²) in [5.41, 5.74) is 0.274. The Bertz CT molecular complexity index is 737. The average Bonchev–Trinajstić information content (AvgIpc) is 2.68. The van der Waals surface area contributed by atoms with E-state index in [0.29, 0.717) is 0 Å². The second-order valence-corrected chi connectivity index (χ2v) is 8.02. The predicted octanol–water partition coefficient (Wildman–Crippen LogP) is 3.05. The molecule has 0 aliphatic heterocycles. The van der Waals surface area contributed by atoms with Crippen LogP contribution >= 0.6 is 0 Å². The number of alkyl halides is 2. The fraction of sp³-hybridized carbons (Fsp3) is 0.700. The Morgan fingerprint density at radius 1 is 1.33 bits per heavy atom. The lowest BCUT2D eigenvalue weighted by Crippen LogP contribution is -2.39. The molecule has 1 heterocycles. The summed E-state index contributed by atoms with van der Waals surface area (Å²) in [7, 11) is 0. The first kappa shape index (κ1) is 22.5. The van der Waals surface area contributed by atoms with E-state index in [1.54, 1.807) is 13.1 Å². The highest BCUT2D eigenvalue weighted by Gasteiger charge is 2.23. The number of aliphatic hydroxyl groups excluding tert-OH is 1. The number of nitrogens with zero attached hydrogens (tertiary/aromatic N) is 3. The molecule has 3 rings (SSSR count). The number of ether oxygens (including phenoxy) is 1. The molecule has 3 N–H and O–H groups in total. The van der Waals surface area contributed by atoms with Gasteiger partial charge in [-0.05, 0) is 57.8 Å². The molecule has 1 atom stereocenters. The van der Waals surface area contributed by atoms with Crippen LogP contribution in [0.15, 0.2) is 11.2 Å². The molecule has 10 heteroatoms. The van der Waals surface area contributed by atoms with Gasteiger partial charge in [-0.2, -0.15) is 13.8 Å². The van der Waals surface area contributed by atoms with Crippen molar-refractivity contribution in [3.05, 3.63) is 11.8 Å². The third-order valence-electron chi connectivity index (χ3n) is 5.45. The number of anilines is 1. The number of carbonyl (C=O) groups excluding carboxylic acids is 1. The van der Waals surface area contributed by atoms with Crippen molar-refractivity contribution in [2.24, 2.45) is 10.9 Å². The van der Waals surface area contributed by atoms with E-state index in [0.717, 1.165) is 44.9 Å². The van der Waals surface area contributed by atoms with E-state index in [-0.39, 0.29) is 47.9 Å². The van der Waals surface area contributed by atoms with Crippen LogP contribution in [0.4, 0.5) is 20.5 Å². The molecule has 0 bridgehead atoms. The van der Waals surface area contributed by atoms with E-state index in [9.17, 15) is 18.7 Å². The van der Waals surface area contributed by atoms with Crippen molar-refractivity contribution in [1.29, 1.82) is 0 Å². The van der Waals surface area contributed by atoms with Crippen molar-refractivity contribution >= 4 is 23.9 Å². The molecular formula is C20H29F2N5O3. The molecule has 8 nitrogen and oxygen atoms in total. The summed E-state index contributed by atoms with van der Waals surface area (Å²) in [6.07, 6.45) is 9.04. The number of aliphatic imine (C=N–C) groups is 1. The average molecular weight is 425 g/mol. The maximum atomic E-state index is 12.7. The Morgan fingerprint density at radius 2 is 2.07 bits per heavy atom. The summed E-state index contributed by atoms with van der Waals surface area (Å²) in [5.74, 6) is 0.358. The number of aromatic nitrogens is 2. The maximum absolute atomic E-state index is 12.7. The molecule has 0 unspecified atom stereocenters. The maximum Gasteiger partial charge on any atom is 0.345 e. The minimum Gasteiger partial charge on any atom is -0.393 e. The molecule has 0 spiro atoms. The SMILES string of the molecule is C[C@@H](COC(F)F)Nc1ncc(C(=O)NC2CCC2)c(/N=C\C2CCC(O)CC2)n1. The largest absolute Gasteiger partial charge is 0.393 e. The third kappa shape index (κ3) is 6.66. The molecule has 2 aliphatic carbocycles. The van der Waals surface area contributed by atoms with Gasteiger partial charge in [-0.15, -0.1) is 0 Å². The van der Waals surface area contributed by atoms with Crippen molar-refractivity contribution in [2.45, 2.75) is 76.7 Å². The molecule has 1 aromatic rings. The zero-order valence-corrected chi connectivity index (χ0v) is 17.1. The molecular weight excluding hydrogens is 396 g/mol. The van der Waals surface area contributed by atoms with E-state index in [2.05, 4.69) is 30.3 Å². The van der Waals surface area contributed by atoms with E-state index in [1.165, 1.54) is 6.20 Å². The van der Waals surface area contributed by atoms with Crippen LogP contribution in [0, 0.1) is 5.92 Å². The second-order valence-electron chi connectivity index (χ2n) is 8.02. The van der Waals surface area contributed by atoms with Crippen LogP contribution in [0.2, 0.25) is 0 Å². The standard InChI is InChI=1S/C20H29F2N5O3/c1-12(11-30-19(21)22)25-20-24-10-16(18(29)26-14-3-2-4-14)17(27-20)23-9-13-5-7-15(28)8-6-13/h9-10,12-15,19,28H,2-8,11H2,1H3,(H,26,29)(H,24,25,27)/b23-9-/t12-,13?,15?/m0/s1. The van der Waals surface area contributed by atoms with Gasteiger partial charge in [0.1, 0.15) is 5.56 Å². The van der Waals surface area contributed by atoms with Gasteiger partial charge in [-0.3, -0.25) is 4.79 Å². The zero-order valence-electron chi connectivity index (χ0n) is 17.1. The van der Waals surface area contributed by atoms with Crippen molar-refractivity contribution in [2.75, 3.05) is 11.9 Å². The first-order valence-electron chi connectivity index (χ1n) is 10.5. The Balaban J connectivity index is 1.72. The number of hydrogen-bond donors (Lipinski definition) is 3. The smallest absolute Gasteiger partial charge is 0.345 e. The lowest BCUT2D eigenvalue weighted by atomic mass is 9.88. The number of amides is 1. The van der Waals surface area contributed by atoms with Gasteiger partial charge < -0.3 is 20.5 Å². The van der Waals surface area contributed by atoms with Crippen molar-refractivity contribution < 1.29 is 23.4 Å². The minimum absolute atomic E-state index is 0.165. The Kier molecular flexibility index (Phi) is 8.03. The van der Waals surface area contributed by atoms with Gasteiger partial charge in [-0.1, -0.05) is 0 Å². The monoisotopic (exact) mass is 425 g/mol. The Labute approximate surface area is 174 Å². The number of aliphatic hydroxyl groups is 1. The quantitative estimate of drug-likeness (QED) is 0.525. The number of nitrogens with one attached hydrogen (secondary N) is 2. The topological polar surface area (TPSA) is 109 Å². The normalized spacial score (nSPS) is 23.4. The Morgan fingerprint density at radius 3 is 2.70 bits per heavy atom. The van der Waals surface area contributed by atoms with Crippen LogP contribution in [-0.4, -0.2) is 58.6 Å². The summed E-state index contributed by atoms with van der Waals surface area (Å²) >= 11 is 0. The van der Waals surface area contributed by atoms with Gasteiger partial charge >= 0.3 is 6.61 Å². The zero-order chi connectivity index (χ0) is 21.5. The third-order valence-corrected chi connectivity index (χ3v) is 5.45. The fourth-order valence-corrected chi connectivity index (χ4v) is 3.42. The van der Waals surface area contributed by atoms with Crippen LogP contribution in [0.25, 0.3) is 0 Å². The molecule has 2 fully saturated rings. The molecule has 166 valence electrons. The Hall–Kier alpha value is -2.20. The first-order chi connectivity index (χ1) is 14.4. The van der Waals surface area contributed by atoms with E-state index < -0.39 is 12.7 Å². The van der Waals surface area contributed by atoms with Crippen LogP contribution in [-0.2, 0) is 4.74 Å². The van der Waals surface area contributed by atoms with E-state index in [1.807, 2.05) is 0 Å². The summed E-state index contributed by atoms with van der Waals surface area (Å²) in [6.45, 7) is -1.39. The van der Waals surface area contributed by atoms with Gasteiger partial charge in [0, 0.05) is 24.5 Å². The van der Waals surface area contributed by atoms with E-state index in [4.69, 9.17) is 0 Å². The molecule has 1 aromatic heterocycles. The number of hydrogen-bond acceptors (Lipinski definition) is 7. The highest BCUT2D eigenvalue weighted by atomic mass is 19.3. The molecule has 2 saturated carbocycles. The molecule has 0 aromatic carbocycles.